The maximum Gasteiger partial charge on any atom is 0.0174 e. The van der Waals surface area contributed by atoms with Gasteiger partial charge in [0.2, 0.25) is 0 Å². The van der Waals surface area contributed by atoms with Gasteiger partial charge in [-0.25, -0.2) is 0 Å². The van der Waals surface area contributed by atoms with Crippen molar-refractivity contribution in [3.05, 3.63) is 22.4 Å². The van der Waals surface area contributed by atoms with E-state index >= 15 is 0 Å². The highest BCUT2D eigenvalue weighted by molar-refractivity contribution is 9.09. The van der Waals surface area contributed by atoms with E-state index < -0.39 is 0 Å². The van der Waals surface area contributed by atoms with Gasteiger partial charge in [-0.1, -0.05) is 35.8 Å². The van der Waals surface area contributed by atoms with Gasteiger partial charge in [-0.15, -0.1) is 11.3 Å². The molecule has 1 aromatic heterocycles. The van der Waals surface area contributed by atoms with E-state index in [1.54, 1.807) is 4.88 Å². The SMILES string of the molecule is CC(C)C1CCC(Br)C(CCc2cccs2)C1. The second kappa shape index (κ2) is 6.38. The predicted octanol–water partition coefficient (Wildman–Crippen LogP) is 5.52. The van der Waals surface area contributed by atoms with Crippen LogP contribution in [0.15, 0.2) is 17.5 Å². The molecule has 2 rings (SSSR count). The van der Waals surface area contributed by atoms with Crippen LogP contribution >= 0.6 is 27.3 Å². The Kier molecular flexibility index (Phi) is 5.10. The molecule has 17 heavy (non-hydrogen) atoms. The molecule has 0 aromatic carbocycles. The van der Waals surface area contributed by atoms with Gasteiger partial charge >= 0.3 is 0 Å². The summed E-state index contributed by atoms with van der Waals surface area (Å²) in [6.07, 6.45) is 6.86. The lowest BCUT2D eigenvalue weighted by atomic mass is 9.74. The van der Waals surface area contributed by atoms with Crippen LogP contribution in [0.2, 0.25) is 0 Å². The molecule has 1 fully saturated rings. The van der Waals surface area contributed by atoms with E-state index in [0.29, 0.717) is 0 Å². The normalized spacial score (nSPS) is 29.8. The minimum atomic E-state index is 0.762. The highest BCUT2D eigenvalue weighted by atomic mass is 79.9. The molecular formula is C15H23BrS. The first-order valence-corrected chi connectivity index (χ1v) is 8.62. The van der Waals surface area contributed by atoms with Gasteiger partial charge in [0.05, 0.1) is 0 Å². The molecule has 0 amide bonds. The number of halogens is 1. The van der Waals surface area contributed by atoms with E-state index in [1.807, 2.05) is 11.3 Å². The van der Waals surface area contributed by atoms with Crippen LogP contribution < -0.4 is 0 Å². The average Bonchev–Trinajstić information content (AvgIpc) is 2.80. The summed E-state index contributed by atoms with van der Waals surface area (Å²) < 4.78 is 0. The Labute approximate surface area is 118 Å². The predicted molar refractivity (Wildman–Crippen MR) is 81.0 cm³/mol. The molecular weight excluding hydrogens is 292 g/mol. The van der Waals surface area contributed by atoms with E-state index in [1.165, 1.54) is 32.1 Å². The van der Waals surface area contributed by atoms with E-state index in [-0.39, 0.29) is 0 Å². The lowest BCUT2D eigenvalue weighted by molar-refractivity contribution is 0.216. The maximum atomic E-state index is 3.90. The molecule has 1 aliphatic carbocycles. The lowest BCUT2D eigenvalue weighted by Gasteiger charge is -2.35. The van der Waals surface area contributed by atoms with Crippen molar-refractivity contribution in [2.45, 2.75) is 50.8 Å². The van der Waals surface area contributed by atoms with Crippen molar-refractivity contribution in [2.24, 2.45) is 17.8 Å². The number of aryl methyl sites for hydroxylation is 1. The first-order valence-electron chi connectivity index (χ1n) is 6.83. The fourth-order valence-corrected chi connectivity index (χ4v) is 4.42. The quantitative estimate of drug-likeness (QED) is 0.642. The fourth-order valence-electron chi connectivity index (χ4n) is 2.95. The largest absolute Gasteiger partial charge is 0.149 e. The van der Waals surface area contributed by atoms with E-state index in [2.05, 4.69) is 47.3 Å². The van der Waals surface area contributed by atoms with Gasteiger partial charge in [0.15, 0.2) is 0 Å². The summed E-state index contributed by atoms with van der Waals surface area (Å²) >= 11 is 5.80. The third-order valence-corrected chi connectivity index (χ3v) is 6.36. The second-order valence-electron chi connectivity index (χ2n) is 5.71. The number of hydrogen-bond donors (Lipinski definition) is 0. The van der Waals surface area contributed by atoms with Gasteiger partial charge in [-0.2, -0.15) is 0 Å². The second-order valence-corrected chi connectivity index (χ2v) is 7.92. The number of alkyl halides is 1. The highest BCUT2D eigenvalue weighted by Crippen LogP contribution is 2.39. The fraction of sp³-hybridized carbons (Fsp3) is 0.733. The summed E-state index contributed by atoms with van der Waals surface area (Å²) in [5.74, 6) is 2.70. The van der Waals surface area contributed by atoms with E-state index in [4.69, 9.17) is 0 Å². The van der Waals surface area contributed by atoms with Crippen molar-refractivity contribution in [1.82, 2.24) is 0 Å². The van der Waals surface area contributed by atoms with Crippen molar-refractivity contribution >= 4 is 27.3 Å². The third kappa shape index (κ3) is 3.82. The van der Waals surface area contributed by atoms with Gasteiger partial charge in [-0.05, 0) is 61.3 Å². The molecule has 0 spiro atoms. The number of rotatable bonds is 4. The van der Waals surface area contributed by atoms with E-state index in [0.717, 1.165) is 22.6 Å². The molecule has 3 unspecified atom stereocenters. The molecule has 1 aromatic rings. The molecule has 0 N–H and O–H groups in total. The first-order chi connectivity index (χ1) is 8.16. The van der Waals surface area contributed by atoms with Crippen molar-refractivity contribution in [1.29, 1.82) is 0 Å². The van der Waals surface area contributed by atoms with Gasteiger partial charge in [0.25, 0.3) is 0 Å². The lowest BCUT2D eigenvalue weighted by Crippen LogP contribution is -2.28. The van der Waals surface area contributed by atoms with Crippen LogP contribution in [0.25, 0.3) is 0 Å². The van der Waals surface area contributed by atoms with Gasteiger partial charge in [0, 0.05) is 9.70 Å². The van der Waals surface area contributed by atoms with Crippen LogP contribution in [0, 0.1) is 17.8 Å². The molecule has 0 nitrogen and oxygen atoms in total. The summed E-state index contributed by atoms with van der Waals surface area (Å²) in [4.78, 5) is 2.31. The smallest absolute Gasteiger partial charge is 0.0174 e. The van der Waals surface area contributed by atoms with Gasteiger partial charge in [0.1, 0.15) is 0 Å². The summed E-state index contributed by atoms with van der Waals surface area (Å²) in [7, 11) is 0. The van der Waals surface area contributed by atoms with Crippen molar-refractivity contribution < 1.29 is 0 Å². The summed E-state index contributed by atoms with van der Waals surface area (Å²) in [6.45, 7) is 4.77. The highest BCUT2D eigenvalue weighted by Gasteiger charge is 2.29. The summed E-state index contributed by atoms with van der Waals surface area (Å²) in [5.41, 5.74) is 0. The van der Waals surface area contributed by atoms with Crippen molar-refractivity contribution in [3.63, 3.8) is 0 Å². The molecule has 1 saturated carbocycles. The molecule has 96 valence electrons. The molecule has 2 heteroatoms. The summed E-state index contributed by atoms with van der Waals surface area (Å²) in [5, 5.41) is 2.19. The maximum absolute atomic E-state index is 3.90. The number of thiophene rings is 1. The van der Waals surface area contributed by atoms with Crippen LogP contribution in [0.4, 0.5) is 0 Å². The monoisotopic (exact) mass is 314 g/mol. The topological polar surface area (TPSA) is 0 Å². The van der Waals surface area contributed by atoms with Gasteiger partial charge < -0.3 is 0 Å². The zero-order valence-electron chi connectivity index (χ0n) is 10.9. The van der Waals surface area contributed by atoms with Crippen molar-refractivity contribution in [2.75, 3.05) is 0 Å². The Morgan fingerprint density at radius 1 is 1.41 bits per heavy atom. The van der Waals surface area contributed by atoms with Crippen LogP contribution in [0.1, 0.15) is 44.4 Å². The molecule has 0 bridgehead atoms. The molecule has 0 radical (unpaired) electrons. The Bertz CT molecular complexity index is 318. The standard InChI is InChI=1S/C15H23BrS/c1-11(2)12-6-8-15(16)13(10-12)5-7-14-4-3-9-17-14/h3-4,9,11-13,15H,5-8,10H2,1-2H3. The molecule has 1 aliphatic rings. The van der Waals surface area contributed by atoms with Crippen molar-refractivity contribution in [3.8, 4) is 0 Å². The molecule has 3 atom stereocenters. The molecule has 0 aliphatic heterocycles. The minimum absolute atomic E-state index is 0.762. The van der Waals surface area contributed by atoms with Crippen LogP contribution in [-0.4, -0.2) is 4.83 Å². The molecule has 1 heterocycles. The van der Waals surface area contributed by atoms with Crippen LogP contribution in [0.3, 0.4) is 0 Å². The van der Waals surface area contributed by atoms with Crippen LogP contribution in [-0.2, 0) is 6.42 Å². The Morgan fingerprint density at radius 3 is 2.88 bits per heavy atom. The minimum Gasteiger partial charge on any atom is -0.149 e. The van der Waals surface area contributed by atoms with Gasteiger partial charge in [-0.3, -0.25) is 0 Å². The Hall–Kier alpha value is 0.180. The summed E-state index contributed by atoms with van der Waals surface area (Å²) in [6, 6.07) is 4.44. The first kappa shape index (κ1) is 13.6. The zero-order chi connectivity index (χ0) is 12.3. The Morgan fingerprint density at radius 2 is 2.24 bits per heavy atom. The number of hydrogen-bond acceptors (Lipinski definition) is 1. The third-order valence-electron chi connectivity index (χ3n) is 4.21. The van der Waals surface area contributed by atoms with Crippen LogP contribution in [0.5, 0.6) is 0 Å². The molecule has 0 saturated heterocycles. The Balaban J connectivity index is 1.85. The average molecular weight is 315 g/mol. The zero-order valence-corrected chi connectivity index (χ0v) is 13.3. The van der Waals surface area contributed by atoms with E-state index in [9.17, 15) is 0 Å².